The molecule has 1 N–H and O–H groups in total. The van der Waals surface area contributed by atoms with Gasteiger partial charge in [0.25, 0.3) is 0 Å². The van der Waals surface area contributed by atoms with Crippen LogP contribution in [0, 0.1) is 6.92 Å². The maximum Gasteiger partial charge on any atom is 0.153 e. The first kappa shape index (κ1) is 14.1. The molecule has 17 heavy (non-hydrogen) atoms. The molecule has 0 bridgehead atoms. The number of hydrogen-bond acceptors (Lipinski definition) is 5. The van der Waals surface area contributed by atoms with Crippen molar-refractivity contribution in [1.82, 2.24) is 15.3 Å². The van der Waals surface area contributed by atoms with E-state index < -0.39 is 9.84 Å². The highest BCUT2D eigenvalue weighted by atomic mass is 32.2. The van der Waals surface area contributed by atoms with Crippen molar-refractivity contribution in [1.29, 1.82) is 0 Å². The van der Waals surface area contributed by atoms with Crippen LogP contribution in [0.3, 0.4) is 0 Å². The first-order valence-electron chi connectivity index (χ1n) is 5.62. The highest BCUT2D eigenvalue weighted by Crippen LogP contribution is 1.99. The SMILES string of the molecule is Cc1nccc(CNCCS(=O)(=O)C(C)C)n1. The van der Waals surface area contributed by atoms with Gasteiger partial charge in [-0.05, 0) is 26.8 Å². The monoisotopic (exact) mass is 257 g/mol. The summed E-state index contributed by atoms with van der Waals surface area (Å²) in [7, 11) is -2.96. The van der Waals surface area contributed by atoms with E-state index >= 15 is 0 Å². The molecule has 0 spiro atoms. The van der Waals surface area contributed by atoms with Crippen LogP contribution in [0.2, 0.25) is 0 Å². The predicted molar refractivity (Wildman–Crippen MR) is 67.4 cm³/mol. The number of nitrogens with zero attached hydrogens (tertiary/aromatic N) is 2. The van der Waals surface area contributed by atoms with Gasteiger partial charge in [-0.25, -0.2) is 18.4 Å². The second-order valence-corrected chi connectivity index (χ2v) is 6.86. The van der Waals surface area contributed by atoms with E-state index in [2.05, 4.69) is 15.3 Å². The fourth-order valence-corrected chi connectivity index (χ4v) is 2.17. The van der Waals surface area contributed by atoms with Gasteiger partial charge in [-0.15, -0.1) is 0 Å². The smallest absolute Gasteiger partial charge is 0.153 e. The van der Waals surface area contributed by atoms with Gasteiger partial charge in [0.05, 0.1) is 16.7 Å². The Morgan fingerprint density at radius 3 is 2.71 bits per heavy atom. The normalized spacial score (nSPS) is 12.0. The summed E-state index contributed by atoms with van der Waals surface area (Å²) in [5.74, 6) is 0.883. The molecule has 0 radical (unpaired) electrons. The Bertz CT molecular complexity index is 458. The van der Waals surface area contributed by atoms with E-state index in [4.69, 9.17) is 0 Å². The van der Waals surface area contributed by atoms with E-state index in [1.165, 1.54) is 0 Å². The summed E-state index contributed by atoms with van der Waals surface area (Å²) in [5.41, 5.74) is 0.874. The summed E-state index contributed by atoms with van der Waals surface area (Å²) >= 11 is 0. The lowest BCUT2D eigenvalue weighted by molar-refractivity contribution is 0.581. The minimum Gasteiger partial charge on any atom is -0.310 e. The average Bonchev–Trinajstić information content (AvgIpc) is 2.24. The average molecular weight is 257 g/mol. The zero-order chi connectivity index (χ0) is 12.9. The van der Waals surface area contributed by atoms with Gasteiger partial charge >= 0.3 is 0 Å². The molecular formula is C11H19N3O2S. The highest BCUT2D eigenvalue weighted by Gasteiger charge is 2.14. The van der Waals surface area contributed by atoms with Crippen LogP contribution in [0.25, 0.3) is 0 Å². The number of aryl methyl sites for hydroxylation is 1. The Morgan fingerprint density at radius 2 is 2.12 bits per heavy atom. The molecule has 0 aliphatic carbocycles. The van der Waals surface area contributed by atoms with Crippen LogP contribution in [-0.4, -0.2) is 35.9 Å². The van der Waals surface area contributed by atoms with Crippen LogP contribution in [-0.2, 0) is 16.4 Å². The van der Waals surface area contributed by atoms with Crippen LogP contribution in [0.4, 0.5) is 0 Å². The number of rotatable bonds is 6. The Balaban J connectivity index is 2.35. The van der Waals surface area contributed by atoms with Gasteiger partial charge in [0.15, 0.2) is 9.84 Å². The van der Waals surface area contributed by atoms with Crippen molar-refractivity contribution in [3.63, 3.8) is 0 Å². The zero-order valence-corrected chi connectivity index (χ0v) is 11.3. The fourth-order valence-electron chi connectivity index (χ4n) is 1.27. The molecule has 0 fully saturated rings. The highest BCUT2D eigenvalue weighted by molar-refractivity contribution is 7.92. The second-order valence-electron chi connectivity index (χ2n) is 4.19. The lowest BCUT2D eigenvalue weighted by atomic mass is 10.4. The van der Waals surface area contributed by atoms with Crippen molar-refractivity contribution < 1.29 is 8.42 Å². The Morgan fingerprint density at radius 1 is 1.41 bits per heavy atom. The van der Waals surface area contributed by atoms with E-state index in [1.807, 2.05) is 13.0 Å². The molecule has 1 aromatic rings. The third-order valence-corrected chi connectivity index (χ3v) is 4.63. The summed E-state index contributed by atoms with van der Waals surface area (Å²) in [5, 5.41) is 2.76. The van der Waals surface area contributed by atoms with E-state index in [-0.39, 0.29) is 11.0 Å². The van der Waals surface area contributed by atoms with Crippen LogP contribution in [0.15, 0.2) is 12.3 Å². The molecule has 0 unspecified atom stereocenters. The minimum atomic E-state index is -2.96. The Labute approximate surface area is 103 Å². The molecule has 0 aliphatic heterocycles. The quantitative estimate of drug-likeness (QED) is 0.759. The van der Waals surface area contributed by atoms with Crippen LogP contribution in [0.5, 0.6) is 0 Å². The maximum atomic E-state index is 11.5. The van der Waals surface area contributed by atoms with Crippen LogP contribution < -0.4 is 5.32 Å². The Hall–Kier alpha value is -1.01. The van der Waals surface area contributed by atoms with Crippen LogP contribution in [0.1, 0.15) is 25.4 Å². The third kappa shape index (κ3) is 4.79. The van der Waals surface area contributed by atoms with Crippen molar-refractivity contribution in [2.75, 3.05) is 12.3 Å². The molecule has 0 saturated carbocycles. The van der Waals surface area contributed by atoms with Crippen molar-refractivity contribution in [2.24, 2.45) is 0 Å². The largest absolute Gasteiger partial charge is 0.310 e. The number of hydrogen-bond donors (Lipinski definition) is 1. The summed E-state index contributed by atoms with van der Waals surface area (Å²) in [6.45, 7) is 6.24. The van der Waals surface area contributed by atoms with Gasteiger partial charge in [0, 0.05) is 19.3 Å². The van der Waals surface area contributed by atoms with Gasteiger partial charge in [-0.1, -0.05) is 0 Å². The number of nitrogens with one attached hydrogen (secondary N) is 1. The van der Waals surface area contributed by atoms with Crippen molar-refractivity contribution >= 4 is 9.84 Å². The standard InChI is InChI=1S/C11H19N3O2S/c1-9(2)17(15,16)7-6-12-8-11-4-5-13-10(3)14-11/h4-5,9,12H,6-8H2,1-3H3. The second kappa shape index (κ2) is 6.07. The molecular weight excluding hydrogens is 238 g/mol. The van der Waals surface area contributed by atoms with Crippen molar-refractivity contribution in [2.45, 2.75) is 32.6 Å². The lowest BCUT2D eigenvalue weighted by Gasteiger charge is -2.08. The third-order valence-electron chi connectivity index (χ3n) is 2.42. The Kier molecular flexibility index (Phi) is 5.02. The fraction of sp³-hybridized carbons (Fsp3) is 0.636. The van der Waals surface area contributed by atoms with Gasteiger partial charge in [-0.2, -0.15) is 0 Å². The molecule has 1 rings (SSSR count). The molecule has 6 heteroatoms. The number of aromatic nitrogens is 2. The molecule has 1 heterocycles. The summed E-state index contributed by atoms with van der Waals surface area (Å²) in [6.07, 6.45) is 1.70. The van der Waals surface area contributed by atoms with Crippen molar-refractivity contribution in [3.05, 3.63) is 23.8 Å². The first-order chi connectivity index (χ1) is 7.92. The molecule has 1 aromatic heterocycles. The topological polar surface area (TPSA) is 72.0 Å². The number of sulfone groups is 1. The predicted octanol–water partition coefficient (Wildman–Crippen LogP) is 0.698. The van der Waals surface area contributed by atoms with Crippen molar-refractivity contribution in [3.8, 4) is 0 Å². The molecule has 0 atom stereocenters. The molecule has 96 valence electrons. The molecule has 0 aliphatic rings. The van der Waals surface area contributed by atoms with Gasteiger partial charge < -0.3 is 5.32 Å². The molecule has 5 nitrogen and oxygen atoms in total. The molecule has 0 amide bonds. The molecule has 0 aromatic carbocycles. The summed E-state index contributed by atoms with van der Waals surface area (Å²) < 4.78 is 23.1. The van der Waals surface area contributed by atoms with E-state index in [9.17, 15) is 8.42 Å². The summed E-state index contributed by atoms with van der Waals surface area (Å²) in [6, 6.07) is 1.82. The van der Waals surface area contributed by atoms with Gasteiger partial charge in [0.2, 0.25) is 0 Å². The summed E-state index contributed by atoms with van der Waals surface area (Å²) in [4.78, 5) is 8.21. The first-order valence-corrected chi connectivity index (χ1v) is 7.34. The van der Waals surface area contributed by atoms with Gasteiger partial charge in [-0.3, -0.25) is 0 Å². The van der Waals surface area contributed by atoms with E-state index in [0.29, 0.717) is 13.1 Å². The minimum absolute atomic E-state index is 0.161. The lowest BCUT2D eigenvalue weighted by Crippen LogP contribution is -2.27. The van der Waals surface area contributed by atoms with E-state index in [0.717, 1.165) is 11.5 Å². The van der Waals surface area contributed by atoms with Crippen LogP contribution >= 0.6 is 0 Å². The van der Waals surface area contributed by atoms with E-state index in [1.54, 1.807) is 20.0 Å². The molecule has 0 saturated heterocycles. The van der Waals surface area contributed by atoms with Gasteiger partial charge in [0.1, 0.15) is 5.82 Å². The maximum absolute atomic E-state index is 11.5. The zero-order valence-electron chi connectivity index (χ0n) is 10.5.